The number of benzene rings is 2. The topological polar surface area (TPSA) is 92.8 Å². The molecule has 0 aromatic heterocycles. The van der Waals surface area contributed by atoms with Crippen LogP contribution in [0.2, 0.25) is 5.02 Å². The summed E-state index contributed by atoms with van der Waals surface area (Å²) in [5.41, 5.74) is 1.55. The highest BCUT2D eigenvalue weighted by Gasteiger charge is 2.31. The molecule has 2 aromatic rings. The molecule has 0 radical (unpaired) electrons. The van der Waals surface area contributed by atoms with E-state index >= 15 is 0 Å². The van der Waals surface area contributed by atoms with Crippen LogP contribution in [0.15, 0.2) is 47.4 Å². The largest absolute Gasteiger partial charge is 0.452 e. The highest BCUT2D eigenvalue weighted by molar-refractivity contribution is 7.89. The van der Waals surface area contributed by atoms with Crippen molar-refractivity contribution >= 4 is 33.5 Å². The van der Waals surface area contributed by atoms with Gasteiger partial charge in [0.1, 0.15) is 0 Å². The Balaban J connectivity index is 1.63. The summed E-state index contributed by atoms with van der Waals surface area (Å²) in [5.74, 6) is -1.20. The van der Waals surface area contributed by atoms with Crippen LogP contribution in [-0.4, -0.2) is 43.8 Å². The molecule has 1 saturated heterocycles. The Morgan fingerprint density at radius 2 is 1.88 bits per heavy atom. The van der Waals surface area contributed by atoms with Gasteiger partial charge >= 0.3 is 5.97 Å². The zero-order valence-corrected chi connectivity index (χ0v) is 19.7. The molecular formula is C23H27ClN2O5S. The number of halogens is 1. The molecule has 0 bridgehead atoms. The van der Waals surface area contributed by atoms with Crippen molar-refractivity contribution in [3.63, 3.8) is 0 Å². The van der Waals surface area contributed by atoms with Gasteiger partial charge in [-0.05, 0) is 62.1 Å². The molecule has 1 atom stereocenters. The Labute approximate surface area is 193 Å². The van der Waals surface area contributed by atoms with Crippen LogP contribution < -0.4 is 5.32 Å². The van der Waals surface area contributed by atoms with E-state index in [0.717, 1.165) is 24.8 Å². The maximum Gasteiger partial charge on any atom is 0.338 e. The molecule has 1 heterocycles. The van der Waals surface area contributed by atoms with Crippen LogP contribution in [0.3, 0.4) is 0 Å². The molecule has 0 spiro atoms. The molecule has 1 aliphatic heterocycles. The summed E-state index contributed by atoms with van der Waals surface area (Å²) in [4.78, 5) is 24.7. The fourth-order valence-electron chi connectivity index (χ4n) is 3.61. The Hall–Kier alpha value is -2.42. The number of nitrogens with one attached hydrogen (secondary N) is 1. The van der Waals surface area contributed by atoms with Crippen molar-refractivity contribution < 1.29 is 22.7 Å². The van der Waals surface area contributed by atoms with Crippen LogP contribution in [-0.2, 0) is 26.1 Å². The van der Waals surface area contributed by atoms with Gasteiger partial charge in [-0.25, -0.2) is 13.2 Å². The first-order valence-electron chi connectivity index (χ1n) is 10.5. The molecule has 1 amide bonds. The van der Waals surface area contributed by atoms with Crippen molar-refractivity contribution in [3.8, 4) is 0 Å². The van der Waals surface area contributed by atoms with Crippen LogP contribution in [0.5, 0.6) is 0 Å². The molecule has 7 nitrogen and oxygen atoms in total. The van der Waals surface area contributed by atoms with Gasteiger partial charge in [-0.3, -0.25) is 4.79 Å². The highest BCUT2D eigenvalue weighted by Crippen LogP contribution is 2.26. The average Bonchev–Trinajstić information content (AvgIpc) is 2.77. The summed E-state index contributed by atoms with van der Waals surface area (Å²) in [5, 5.41) is 3.26. The smallest absolute Gasteiger partial charge is 0.338 e. The number of rotatable bonds is 7. The van der Waals surface area contributed by atoms with Gasteiger partial charge in [0, 0.05) is 24.2 Å². The molecule has 32 heavy (non-hydrogen) atoms. The van der Waals surface area contributed by atoms with Gasteiger partial charge in [0.05, 0.1) is 10.5 Å². The number of nitrogens with zero attached hydrogens (tertiary/aromatic N) is 1. The summed E-state index contributed by atoms with van der Waals surface area (Å²) in [7, 11) is -3.72. The van der Waals surface area contributed by atoms with Gasteiger partial charge < -0.3 is 10.1 Å². The summed E-state index contributed by atoms with van der Waals surface area (Å²) in [6.45, 7) is 3.85. The third-order valence-electron chi connectivity index (χ3n) is 5.51. The molecule has 1 N–H and O–H groups in total. The second-order valence-electron chi connectivity index (χ2n) is 7.92. The van der Waals surface area contributed by atoms with Gasteiger partial charge in [-0.2, -0.15) is 4.31 Å². The monoisotopic (exact) mass is 478 g/mol. The predicted octanol–water partition coefficient (Wildman–Crippen LogP) is 3.68. The lowest BCUT2D eigenvalue weighted by Gasteiger charge is -2.32. The van der Waals surface area contributed by atoms with E-state index in [2.05, 4.69) is 5.32 Å². The number of hydrogen-bond acceptors (Lipinski definition) is 5. The Kier molecular flexibility index (Phi) is 7.92. The molecule has 2 aromatic carbocycles. The SMILES string of the molecule is Cc1ccc(S(=O)(=O)N2CCCCC2C)cc1C(=O)OCC(=O)NCc1ccc(Cl)cc1. The van der Waals surface area contributed by atoms with Gasteiger partial charge in [-0.1, -0.05) is 36.2 Å². The van der Waals surface area contributed by atoms with Crippen molar-refractivity contribution in [2.45, 2.75) is 50.6 Å². The number of carbonyl (C=O) groups is 2. The normalized spacial score (nSPS) is 17.0. The van der Waals surface area contributed by atoms with E-state index in [1.54, 1.807) is 37.3 Å². The van der Waals surface area contributed by atoms with E-state index < -0.39 is 28.5 Å². The molecule has 9 heteroatoms. The lowest BCUT2D eigenvalue weighted by molar-refractivity contribution is -0.124. The van der Waals surface area contributed by atoms with Crippen molar-refractivity contribution in [2.75, 3.05) is 13.2 Å². The van der Waals surface area contributed by atoms with E-state index in [1.165, 1.54) is 16.4 Å². The minimum atomic E-state index is -3.72. The Morgan fingerprint density at radius 3 is 2.56 bits per heavy atom. The minimum Gasteiger partial charge on any atom is -0.452 e. The molecule has 1 fully saturated rings. The van der Waals surface area contributed by atoms with Gasteiger partial charge in [0.25, 0.3) is 5.91 Å². The fourth-order valence-corrected chi connectivity index (χ4v) is 5.46. The van der Waals surface area contributed by atoms with Crippen LogP contribution in [0.1, 0.15) is 47.7 Å². The number of hydrogen-bond donors (Lipinski definition) is 1. The zero-order chi connectivity index (χ0) is 23.3. The first-order valence-corrected chi connectivity index (χ1v) is 12.3. The van der Waals surface area contributed by atoms with Crippen LogP contribution >= 0.6 is 11.6 Å². The number of carbonyl (C=O) groups excluding carboxylic acids is 2. The minimum absolute atomic E-state index is 0.0518. The van der Waals surface area contributed by atoms with Crippen LogP contribution in [0.25, 0.3) is 0 Å². The quantitative estimate of drug-likeness (QED) is 0.613. The fraction of sp³-hybridized carbons (Fsp3) is 0.391. The van der Waals surface area contributed by atoms with Crippen LogP contribution in [0.4, 0.5) is 0 Å². The summed E-state index contributed by atoms with van der Waals surface area (Å²) in [6, 6.07) is 11.3. The van der Waals surface area contributed by atoms with E-state index in [9.17, 15) is 18.0 Å². The number of esters is 1. The second-order valence-corrected chi connectivity index (χ2v) is 10.2. The van der Waals surface area contributed by atoms with Crippen LogP contribution in [0, 0.1) is 6.92 Å². The highest BCUT2D eigenvalue weighted by atomic mass is 35.5. The summed E-state index contributed by atoms with van der Waals surface area (Å²) < 4.78 is 32.8. The first kappa shape index (κ1) is 24.2. The van der Waals surface area contributed by atoms with Gasteiger partial charge in [-0.15, -0.1) is 0 Å². The van der Waals surface area contributed by atoms with Gasteiger partial charge in [0.2, 0.25) is 10.0 Å². The molecule has 0 saturated carbocycles. The van der Waals surface area contributed by atoms with Crippen molar-refractivity contribution in [3.05, 3.63) is 64.2 Å². The molecule has 1 unspecified atom stereocenters. The van der Waals surface area contributed by atoms with Crippen molar-refractivity contribution in [2.24, 2.45) is 0 Å². The number of aryl methyl sites for hydroxylation is 1. The standard InChI is InChI=1S/C23H27ClN2O5S/c1-16-6-11-20(32(29,30)26-12-4-3-5-17(26)2)13-21(16)23(28)31-15-22(27)25-14-18-7-9-19(24)10-8-18/h6-11,13,17H,3-5,12,14-15H2,1-2H3,(H,25,27). The molecule has 172 valence electrons. The average molecular weight is 479 g/mol. The number of sulfonamides is 1. The summed E-state index contributed by atoms with van der Waals surface area (Å²) in [6.07, 6.45) is 2.62. The second kappa shape index (κ2) is 10.5. The third kappa shape index (κ3) is 5.88. The van der Waals surface area contributed by atoms with E-state index in [0.29, 0.717) is 17.1 Å². The Morgan fingerprint density at radius 1 is 1.16 bits per heavy atom. The number of ether oxygens (including phenoxy) is 1. The Bertz CT molecular complexity index is 1090. The lowest BCUT2D eigenvalue weighted by Crippen LogP contribution is -2.41. The van der Waals surface area contributed by atoms with E-state index in [4.69, 9.17) is 16.3 Å². The molecular weight excluding hydrogens is 452 g/mol. The first-order chi connectivity index (χ1) is 15.2. The van der Waals surface area contributed by atoms with Crippen molar-refractivity contribution in [1.29, 1.82) is 0 Å². The lowest BCUT2D eigenvalue weighted by atomic mass is 10.1. The van der Waals surface area contributed by atoms with Gasteiger partial charge in [0.15, 0.2) is 6.61 Å². The molecule has 3 rings (SSSR count). The molecule has 0 aliphatic carbocycles. The van der Waals surface area contributed by atoms with E-state index in [-0.39, 0.29) is 23.0 Å². The molecule has 1 aliphatic rings. The maximum atomic E-state index is 13.1. The number of piperidine rings is 1. The number of amides is 1. The zero-order valence-electron chi connectivity index (χ0n) is 18.1. The summed E-state index contributed by atoms with van der Waals surface area (Å²) >= 11 is 5.84. The predicted molar refractivity (Wildman–Crippen MR) is 122 cm³/mol. The van der Waals surface area contributed by atoms with E-state index in [1.807, 2.05) is 6.92 Å². The maximum absolute atomic E-state index is 13.1. The third-order valence-corrected chi connectivity index (χ3v) is 7.78. The van der Waals surface area contributed by atoms with Crippen molar-refractivity contribution in [1.82, 2.24) is 9.62 Å².